The summed E-state index contributed by atoms with van der Waals surface area (Å²) in [4.78, 5) is 12.1. The lowest BCUT2D eigenvalue weighted by Crippen LogP contribution is -2.26. The molecule has 0 fully saturated rings. The fraction of sp³-hybridized carbons (Fsp3) is 0.348. The van der Waals surface area contributed by atoms with Gasteiger partial charge in [0.05, 0.1) is 24.3 Å². The lowest BCUT2D eigenvalue weighted by Gasteiger charge is -2.17. The van der Waals surface area contributed by atoms with Crippen LogP contribution in [0, 0.1) is 0 Å². The van der Waals surface area contributed by atoms with Crippen LogP contribution in [0.15, 0.2) is 53.7 Å². The van der Waals surface area contributed by atoms with Crippen LogP contribution in [0.2, 0.25) is 5.02 Å². The highest BCUT2D eigenvalue weighted by atomic mass is 35.5. The molecule has 2 aromatic carbocycles. The van der Waals surface area contributed by atoms with E-state index in [1.807, 2.05) is 48.5 Å². The lowest BCUT2D eigenvalue weighted by molar-refractivity contribution is 0.0937. The molecule has 0 saturated carbocycles. The molecule has 0 aliphatic heterocycles. The van der Waals surface area contributed by atoms with E-state index in [9.17, 15) is 4.79 Å². The number of hydrogen-bond acceptors (Lipinski definition) is 6. The van der Waals surface area contributed by atoms with E-state index in [0.29, 0.717) is 41.9 Å². The van der Waals surface area contributed by atoms with Crippen LogP contribution >= 0.6 is 23.4 Å². The van der Waals surface area contributed by atoms with Gasteiger partial charge in [-0.15, -0.1) is 10.2 Å². The molecule has 170 valence electrons. The number of rotatable bonds is 11. The van der Waals surface area contributed by atoms with Crippen LogP contribution in [0.3, 0.4) is 0 Å². The number of methoxy groups -OCH3 is 2. The maximum Gasteiger partial charge on any atom is 0.251 e. The molecule has 1 atom stereocenters. The van der Waals surface area contributed by atoms with Crippen LogP contribution in [-0.2, 0) is 15.2 Å². The van der Waals surface area contributed by atoms with Crippen molar-refractivity contribution in [2.24, 2.45) is 0 Å². The first-order chi connectivity index (χ1) is 15.5. The quantitative estimate of drug-likeness (QED) is 0.326. The minimum absolute atomic E-state index is 0.0296. The van der Waals surface area contributed by atoms with Crippen molar-refractivity contribution in [1.29, 1.82) is 0 Å². The van der Waals surface area contributed by atoms with E-state index in [0.717, 1.165) is 16.3 Å². The molecule has 0 saturated heterocycles. The molecule has 7 nitrogen and oxygen atoms in total. The minimum atomic E-state index is -0.112. The molecule has 1 aromatic heterocycles. The molecule has 1 heterocycles. The Kier molecular flexibility index (Phi) is 9.11. The zero-order valence-corrected chi connectivity index (χ0v) is 19.9. The van der Waals surface area contributed by atoms with E-state index in [4.69, 9.17) is 21.1 Å². The van der Waals surface area contributed by atoms with Crippen LogP contribution in [0.5, 0.6) is 0 Å². The summed E-state index contributed by atoms with van der Waals surface area (Å²) in [6.45, 7) is 3.55. The van der Waals surface area contributed by atoms with E-state index >= 15 is 0 Å². The summed E-state index contributed by atoms with van der Waals surface area (Å²) in [5, 5.41) is 13.1. The number of carbonyl (C=O) groups excluding carboxylic acids is 1. The fourth-order valence-corrected chi connectivity index (χ4v) is 4.40. The normalized spacial score (nSPS) is 12.0. The van der Waals surface area contributed by atoms with E-state index in [2.05, 4.69) is 27.0 Å². The summed E-state index contributed by atoms with van der Waals surface area (Å²) in [6.07, 6.45) is 0. The SMILES string of the molecule is COCCNC(=O)c1ccc(CSc2nnc(-c3ccccc3Cl)n2[C@H](C)COC)cc1. The molecule has 0 spiro atoms. The average molecular weight is 475 g/mol. The Morgan fingerprint density at radius 3 is 2.56 bits per heavy atom. The first-order valence-electron chi connectivity index (χ1n) is 10.2. The molecular formula is C23H27ClN4O3S. The van der Waals surface area contributed by atoms with Gasteiger partial charge in [-0.3, -0.25) is 9.36 Å². The van der Waals surface area contributed by atoms with Gasteiger partial charge in [0, 0.05) is 37.6 Å². The Hall–Kier alpha value is -2.39. The first-order valence-corrected chi connectivity index (χ1v) is 11.6. The highest BCUT2D eigenvalue weighted by Gasteiger charge is 2.20. The third-order valence-electron chi connectivity index (χ3n) is 4.80. The zero-order valence-electron chi connectivity index (χ0n) is 18.4. The highest BCUT2D eigenvalue weighted by molar-refractivity contribution is 7.98. The van der Waals surface area contributed by atoms with Gasteiger partial charge in [0.1, 0.15) is 0 Å². The van der Waals surface area contributed by atoms with Crippen molar-refractivity contribution in [3.05, 3.63) is 64.7 Å². The maximum atomic E-state index is 12.1. The predicted octanol–water partition coefficient (Wildman–Crippen LogP) is 4.47. The molecule has 3 rings (SSSR count). The van der Waals surface area contributed by atoms with Gasteiger partial charge in [-0.1, -0.05) is 47.6 Å². The third-order valence-corrected chi connectivity index (χ3v) is 6.15. The molecule has 0 unspecified atom stereocenters. The van der Waals surface area contributed by atoms with Crippen LogP contribution in [-0.4, -0.2) is 54.6 Å². The number of hydrogen-bond donors (Lipinski definition) is 1. The van der Waals surface area contributed by atoms with Crippen LogP contribution in [0.4, 0.5) is 0 Å². The third kappa shape index (κ3) is 6.10. The van der Waals surface area contributed by atoms with Crippen LogP contribution < -0.4 is 5.32 Å². The first kappa shape index (κ1) is 24.3. The molecular weight excluding hydrogens is 448 g/mol. The average Bonchev–Trinajstić information content (AvgIpc) is 3.22. The monoisotopic (exact) mass is 474 g/mol. The topological polar surface area (TPSA) is 78.3 Å². The van der Waals surface area contributed by atoms with Crippen molar-refractivity contribution in [2.45, 2.75) is 23.9 Å². The van der Waals surface area contributed by atoms with E-state index in [1.165, 1.54) is 0 Å². The van der Waals surface area contributed by atoms with Gasteiger partial charge >= 0.3 is 0 Å². The van der Waals surface area contributed by atoms with Gasteiger partial charge < -0.3 is 14.8 Å². The Bertz CT molecular complexity index is 1030. The molecule has 32 heavy (non-hydrogen) atoms. The predicted molar refractivity (Wildman–Crippen MR) is 127 cm³/mol. The summed E-state index contributed by atoms with van der Waals surface area (Å²) in [5.74, 6) is 1.29. The zero-order chi connectivity index (χ0) is 22.9. The molecule has 0 aliphatic rings. The number of thioether (sulfide) groups is 1. The van der Waals surface area contributed by atoms with Crippen molar-refractivity contribution in [3.8, 4) is 11.4 Å². The number of amides is 1. The lowest BCUT2D eigenvalue weighted by atomic mass is 10.1. The number of nitrogens with one attached hydrogen (secondary N) is 1. The molecule has 0 radical (unpaired) electrons. The fourth-order valence-electron chi connectivity index (χ4n) is 3.18. The second kappa shape index (κ2) is 12.0. The number of nitrogens with zero attached hydrogens (tertiary/aromatic N) is 3. The second-order valence-corrected chi connectivity index (χ2v) is 8.54. The van der Waals surface area contributed by atoms with Crippen molar-refractivity contribution in [1.82, 2.24) is 20.1 Å². The van der Waals surface area contributed by atoms with Gasteiger partial charge in [-0.25, -0.2) is 0 Å². The van der Waals surface area contributed by atoms with Crippen molar-refractivity contribution in [3.63, 3.8) is 0 Å². The number of benzene rings is 2. The Labute approximate surface area is 197 Å². The summed E-state index contributed by atoms with van der Waals surface area (Å²) in [7, 11) is 3.28. The van der Waals surface area contributed by atoms with E-state index in [-0.39, 0.29) is 11.9 Å². The molecule has 9 heteroatoms. The van der Waals surface area contributed by atoms with Crippen molar-refractivity contribution < 1.29 is 14.3 Å². The Balaban J connectivity index is 1.75. The molecule has 1 N–H and O–H groups in total. The summed E-state index contributed by atoms with van der Waals surface area (Å²) >= 11 is 8.00. The number of aromatic nitrogens is 3. The summed E-state index contributed by atoms with van der Waals surface area (Å²) in [5.41, 5.74) is 2.53. The summed E-state index contributed by atoms with van der Waals surface area (Å²) < 4.78 is 12.4. The van der Waals surface area contributed by atoms with Crippen LogP contribution in [0.25, 0.3) is 11.4 Å². The molecule has 0 aliphatic carbocycles. The van der Waals surface area contributed by atoms with E-state index in [1.54, 1.807) is 26.0 Å². The smallest absolute Gasteiger partial charge is 0.251 e. The van der Waals surface area contributed by atoms with Gasteiger partial charge in [0.2, 0.25) is 0 Å². The standard InChI is InChI=1S/C23H27ClN4O3S/c1-16(14-31-3)28-21(19-6-4-5-7-20(19)24)26-27-23(28)32-15-17-8-10-18(11-9-17)22(29)25-12-13-30-2/h4-11,16H,12-15H2,1-3H3,(H,25,29)/t16-/m1/s1. The Morgan fingerprint density at radius 1 is 1.12 bits per heavy atom. The van der Waals surface area contributed by atoms with E-state index < -0.39 is 0 Å². The van der Waals surface area contributed by atoms with Crippen LogP contribution in [0.1, 0.15) is 28.9 Å². The minimum Gasteiger partial charge on any atom is -0.383 e. The maximum absolute atomic E-state index is 12.1. The second-order valence-electron chi connectivity index (χ2n) is 7.19. The number of halogens is 1. The van der Waals surface area contributed by atoms with Crippen molar-refractivity contribution >= 4 is 29.3 Å². The van der Waals surface area contributed by atoms with Crippen molar-refractivity contribution in [2.75, 3.05) is 34.0 Å². The molecule has 3 aromatic rings. The number of ether oxygens (including phenoxy) is 2. The molecule has 1 amide bonds. The largest absolute Gasteiger partial charge is 0.383 e. The highest BCUT2D eigenvalue weighted by Crippen LogP contribution is 2.33. The number of carbonyl (C=O) groups is 1. The molecule has 0 bridgehead atoms. The summed E-state index contributed by atoms with van der Waals surface area (Å²) in [6, 6.07) is 15.2. The van der Waals surface area contributed by atoms with Gasteiger partial charge in [-0.05, 0) is 36.8 Å². The van der Waals surface area contributed by atoms with Gasteiger partial charge in [-0.2, -0.15) is 0 Å². The van der Waals surface area contributed by atoms with Gasteiger partial charge in [0.15, 0.2) is 11.0 Å². The Morgan fingerprint density at radius 2 is 1.88 bits per heavy atom. The van der Waals surface area contributed by atoms with Gasteiger partial charge in [0.25, 0.3) is 5.91 Å².